The van der Waals surface area contributed by atoms with Crippen molar-refractivity contribution in [3.63, 3.8) is 0 Å². The molecule has 0 N–H and O–H groups in total. The Balaban J connectivity index is 2.04. The summed E-state index contributed by atoms with van der Waals surface area (Å²) in [7, 11) is 3.24. The molecule has 0 aliphatic carbocycles. The van der Waals surface area contributed by atoms with E-state index in [1.165, 1.54) is 0 Å². The zero-order valence-corrected chi connectivity index (χ0v) is 15.9. The zero-order chi connectivity index (χ0) is 19.4. The summed E-state index contributed by atoms with van der Waals surface area (Å²) in [6.45, 7) is 4.07. The summed E-state index contributed by atoms with van der Waals surface area (Å²) >= 11 is 0. The molecule has 27 heavy (non-hydrogen) atoms. The van der Waals surface area contributed by atoms with Crippen LogP contribution in [0, 0.1) is 6.92 Å². The van der Waals surface area contributed by atoms with Gasteiger partial charge in [0.15, 0.2) is 0 Å². The largest absolute Gasteiger partial charge is 0.497 e. The van der Waals surface area contributed by atoms with Gasteiger partial charge in [0.2, 0.25) is 0 Å². The molecule has 0 bridgehead atoms. The van der Waals surface area contributed by atoms with E-state index in [9.17, 15) is 4.79 Å². The van der Waals surface area contributed by atoms with E-state index in [4.69, 9.17) is 14.2 Å². The highest BCUT2D eigenvalue weighted by atomic mass is 16.5. The molecule has 0 saturated carbocycles. The number of ether oxygens (including phenoxy) is 3. The molecule has 0 amide bonds. The fourth-order valence-electron chi connectivity index (χ4n) is 2.89. The Bertz CT molecular complexity index is 923. The molecule has 2 aromatic carbocycles. The molecule has 6 heteroatoms. The molecule has 0 atom stereocenters. The number of rotatable bonds is 6. The van der Waals surface area contributed by atoms with Gasteiger partial charge in [0.05, 0.1) is 38.3 Å². The standard InChI is InChI=1S/C21H22N2O4/c1-5-27-21(24)15-6-8-17(9-7-15)23-14(2)22-13-20(23)16-10-18(25-3)12-19(11-16)26-4/h6-13H,5H2,1-4H3. The van der Waals surface area contributed by atoms with Crippen LogP contribution in [0.1, 0.15) is 23.1 Å². The number of carbonyl (C=O) groups excluding carboxylic acids is 1. The summed E-state index contributed by atoms with van der Waals surface area (Å²) in [4.78, 5) is 16.3. The molecule has 0 unspecified atom stereocenters. The van der Waals surface area contributed by atoms with Gasteiger partial charge in [-0.05, 0) is 50.2 Å². The van der Waals surface area contributed by atoms with E-state index in [-0.39, 0.29) is 5.97 Å². The lowest BCUT2D eigenvalue weighted by Crippen LogP contribution is -2.05. The third-order valence-corrected chi connectivity index (χ3v) is 4.22. The quantitative estimate of drug-likeness (QED) is 0.616. The summed E-state index contributed by atoms with van der Waals surface area (Å²) < 4.78 is 17.8. The lowest BCUT2D eigenvalue weighted by molar-refractivity contribution is 0.0526. The minimum absolute atomic E-state index is 0.329. The van der Waals surface area contributed by atoms with Crippen LogP contribution in [0.2, 0.25) is 0 Å². The van der Waals surface area contributed by atoms with Gasteiger partial charge < -0.3 is 14.2 Å². The van der Waals surface area contributed by atoms with E-state index >= 15 is 0 Å². The smallest absolute Gasteiger partial charge is 0.338 e. The zero-order valence-electron chi connectivity index (χ0n) is 15.9. The van der Waals surface area contributed by atoms with Crippen molar-refractivity contribution in [2.45, 2.75) is 13.8 Å². The first-order chi connectivity index (χ1) is 13.1. The third-order valence-electron chi connectivity index (χ3n) is 4.22. The van der Waals surface area contributed by atoms with Crippen LogP contribution in [0.5, 0.6) is 11.5 Å². The van der Waals surface area contributed by atoms with Crippen molar-refractivity contribution in [1.29, 1.82) is 0 Å². The van der Waals surface area contributed by atoms with Crippen LogP contribution in [0.4, 0.5) is 0 Å². The molecule has 6 nitrogen and oxygen atoms in total. The monoisotopic (exact) mass is 366 g/mol. The Morgan fingerprint density at radius 1 is 1.04 bits per heavy atom. The van der Waals surface area contributed by atoms with Gasteiger partial charge >= 0.3 is 5.97 Å². The normalized spacial score (nSPS) is 10.5. The highest BCUT2D eigenvalue weighted by Gasteiger charge is 2.14. The van der Waals surface area contributed by atoms with Gasteiger partial charge in [0.1, 0.15) is 17.3 Å². The lowest BCUT2D eigenvalue weighted by atomic mass is 10.1. The molecule has 3 aromatic rings. The number of benzene rings is 2. The number of aryl methyl sites for hydroxylation is 1. The van der Waals surface area contributed by atoms with Crippen LogP contribution in [0.25, 0.3) is 16.9 Å². The van der Waals surface area contributed by atoms with Crippen LogP contribution < -0.4 is 9.47 Å². The van der Waals surface area contributed by atoms with E-state index < -0.39 is 0 Å². The fraction of sp³-hybridized carbons (Fsp3) is 0.238. The average Bonchev–Trinajstić information content (AvgIpc) is 3.09. The second-order valence-corrected chi connectivity index (χ2v) is 5.89. The predicted molar refractivity (Wildman–Crippen MR) is 103 cm³/mol. The molecule has 0 saturated heterocycles. The van der Waals surface area contributed by atoms with Gasteiger partial charge in [-0.1, -0.05) is 0 Å². The van der Waals surface area contributed by atoms with Crippen molar-refractivity contribution < 1.29 is 19.0 Å². The van der Waals surface area contributed by atoms with Crippen LogP contribution in [-0.2, 0) is 4.74 Å². The number of imidazole rings is 1. The Labute approximate surface area is 158 Å². The molecule has 0 radical (unpaired) electrons. The Morgan fingerprint density at radius 2 is 1.67 bits per heavy atom. The van der Waals surface area contributed by atoms with Crippen LogP contribution in [0.3, 0.4) is 0 Å². The maximum absolute atomic E-state index is 11.9. The van der Waals surface area contributed by atoms with Crippen molar-refractivity contribution in [3.05, 3.63) is 60.0 Å². The Kier molecular flexibility index (Phi) is 5.45. The second kappa shape index (κ2) is 7.95. The molecule has 140 valence electrons. The van der Waals surface area contributed by atoms with Gasteiger partial charge in [-0.15, -0.1) is 0 Å². The first-order valence-electron chi connectivity index (χ1n) is 8.62. The number of methoxy groups -OCH3 is 2. The van der Waals surface area contributed by atoms with Gasteiger partial charge in [-0.3, -0.25) is 4.57 Å². The first-order valence-corrected chi connectivity index (χ1v) is 8.62. The van der Waals surface area contributed by atoms with Gasteiger partial charge in [0.25, 0.3) is 0 Å². The van der Waals surface area contributed by atoms with Crippen LogP contribution >= 0.6 is 0 Å². The van der Waals surface area contributed by atoms with E-state index in [1.807, 2.05) is 48.0 Å². The van der Waals surface area contributed by atoms with Crippen molar-refractivity contribution in [2.75, 3.05) is 20.8 Å². The molecular formula is C21H22N2O4. The molecule has 1 aromatic heterocycles. The summed E-state index contributed by atoms with van der Waals surface area (Å²) in [6, 6.07) is 12.9. The van der Waals surface area contributed by atoms with Gasteiger partial charge in [-0.25, -0.2) is 9.78 Å². The fourth-order valence-corrected chi connectivity index (χ4v) is 2.89. The molecule has 0 aliphatic rings. The second-order valence-electron chi connectivity index (χ2n) is 5.89. The Hall–Kier alpha value is -3.28. The number of hydrogen-bond acceptors (Lipinski definition) is 5. The minimum Gasteiger partial charge on any atom is -0.497 e. The van der Waals surface area contributed by atoms with E-state index in [2.05, 4.69) is 4.98 Å². The average molecular weight is 366 g/mol. The van der Waals surface area contributed by atoms with E-state index in [1.54, 1.807) is 33.3 Å². The molecule has 3 rings (SSSR count). The van der Waals surface area contributed by atoms with Crippen molar-refractivity contribution >= 4 is 5.97 Å². The van der Waals surface area contributed by atoms with Crippen LogP contribution in [0.15, 0.2) is 48.7 Å². The summed E-state index contributed by atoms with van der Waals surface area (Å²) in [6.07, 6.45) is 1.81. The minimum atomic E-state index is -0.329. The molecular weight excluding hydrogens is 344 g/mol. The topological polar surface area (TPSA) is 62.6 Å². The molecule has 0 aliphatic heterocycles. The summed E-state index contributed by atoms with van der Waals surface area (Å²) in [5.41, 5.74) is 3.23. The van der Waals surface area contributed by atoms with E-state index in [0.717, 1.165) is 22.8 Å². The van der Waals surface area contributed by atoms with Crippen molar-refractivity contribution in [3.8, 4) is 28.4 Å². The number of hydrogen-bond donors (Lipinski definition) is 0. The lowest BCUT2D eigenvalue weighted by Gasteiger charge is -2.13. The van der Waals surface area contributed by atoms with Gasteiger partial charge in [0, 0.05) is 17.3 Å². The van der Waals surface area contributed by atoms with E-state index in [0.29, 0.717) is 23.7 Å². The van der Waals surface area contributed by atoms with Crippen molar-refractivity contribution in [1.82, 2.24) is 9.55 Å². The summed E-state index contributed by atoms with van der Waals surface area (Å²) in [5.74, 6) is 1.90. The maximum Gasteiger partial charge on any atom is 0.338 e. The number of esters is 1. The summed E-state index contributed by atoms with van der Waals surface area (Å²) in [5, 5.41) is 0. The SMILES string of the molecule is CCOC(=O)c1ccc(-n2c(-c3cc(OC)cc(OC)c3)cnc2C)cc1. The molecule has 1 heterocycles. The number of carbonyl (C=O) groups is 1. The van der Waals surface area contributed by atoms with Gasteiger partial charge in [-0.2, -0.15) is 0 Å². The maximum atomic E-state index is 11.9. The first kappa shape index (κ1) is 18.5. The number of nitrogens with zero attached hydrogens (tertiary/aromatic N) is 2. The predicted octanol–water partition coefficient (Wildman–Crippen LogP) is 4.04. The van der Waals surface area contributed by atoms with Crippen molar-refractivity contribution in [2.24, 2.45) is 0 Å². The molecule has 0 fully saturated rings. The van der Waals surface area contributed by atoms with Crippen LogP contribution in [-0.4, -0.2) is 36.3 Å². The number of aromatic nitrogens is 2. The highest BCUT2D eigenvalue weighted by Crippen LogP contribution is 2.32. The Morgan fingerprint density at radius 3 is 2.22 bits per heavy atom. The highest BCUT2D eigenvalue weighted by molar-refractivity contribution is 5.89. The molecule has 0 spiro atoms. The third kappa shape index (κ3) is 3.79.